The van der Waals surface area contributed by atoms with E-state index in [1.165, 1.54) is 0 Å². The van der Waals surface area contributed by atoms with Crippen LogP contribution in [-0.2, 0) is 9.59 Å². The molecule has 7 heteroatoms. The lowest BCUT2D eigenvalue weighted by Crippen LogP contribution is -2.50. The van der Waals surface area contributed by atoms with Crippen molar-refractivity contribution in [3.05, 3.63) is 0 Å². The Labute approximate surface area is 112 Å². The minimum Gasteiger partial charge on any atom is -0.480 e. The normalized spacial score (nSPS) is 16.3. The number of carboxylic acid groups (broad SMARTS) is 1. The van der Waals surface area contributed by atoms with Gasteiger partial charge in [0, 0.05) is 13.1 Å². The van der Waals surface area contributed by atoms with Crippen molar-refractivity contribution in [3.8, 4) is 0 Å². The van der Waals surface area contributed by atoms with Crippen molar-refractivity contribution >= 4 is 17.9 Å². The maximum absolute atomic E-state index is 11.7. The zero-order valence-corrected chi connectivity index (χ0v) is 11.3. The van der Waals surface area contributed by atoms with E-state index in [2.05, 4.69) is 10.6 Å². The Morgan fingerprint density at radius 1 is 1.21 bits per heavy atom. The zero-order valence-electron chi connectivity index (χ0n) is 11.3. The molecule has 1 heterocycles. The summed E-state index contributed by atoms with van der Waals surface area (Å²) in [5, 5.41) is 13.7. The fourth-order valence-electron chi connectivity index (χ4n) is 1.94. The Balaban J connectivity index is 2.34. The zero-order chi connectivity index (χ0) is 14.4. The fraction of sp³-hybridized carbons (Fsp3) is 0.750. The van der Waals surface area contributed by atoms with Gasteiger partial charge >= 0.3 is 12.0 Å². The van der Waals surface area contributed by atoms with E-state index in [0.29, 0.717) is 0 Å². The Kier molecular flexibility index (Phi) is 5.59. The van der Waals surface area contributed by atoms with Gasteiger partial charge in [0.1, 0.15) is 6.04 Å². The average Bonchev–Trinajstić information content (AvgIpc) is 2.85. The first-order chi connectivity index (χ1) is 8.91. The predicted molar refractivity (Wildman–Crippen MR) is 68.6 cm³/mol. The molecule has 1 fully saturated rings. The summed E-state index contributed by atoms with van der Waals surface area (Å²) >= 11 is 0. The number of urea groups is 1. The molecule has 0 aromatic heterocycles. The summed E-state index contributed by atoms with van der Waals surface area (Å²) in [7, 11) is 0. The largest absolute Gasteiger partial charge is 0.480 e. The Hall–Kier alpha value is -1.79. The molecule has 0 aromatic carbocycles. The Morgan fingerprint density at radius 3 is 2.26 bits per heavy atom. The van der Waals surface area contributed by atoms with Crippen molar-refractivity contribution in [1.82, 2.24) is 15.5 Å². The third-order valence-corrected chi connectivity index (χ3v) is 3.08. The van der Waals surface area contributed by atoms with Crippen LogP contribution in [0, 0.1) is 5.92 Å². The molecule has 0 spiro atoms. The number of likely N-dealkylation sites (tertiary alicyclic amines) is 1. The maximum Gasteiger partial charge on any atom is 0.326 e. The third-order valence-electron chi connectivity index (χ3n) is 3.08. The molecule has 0 bridgehead atoms. The van der Waals surface area contributed by atoms with Crippen LogP contribution in [0.2, 0.25) is 0 Å². The number of carbonyl (C=O) groups excluding carboxylic acids is 2. The molecule has 1 saturated heterocycles. The van der Waals surface area contributed by atoms with Crippen molar-refractivity contribution in [2.24, 2.45) is 5.92 Å². The number of carbonyl (C=O) groups is 3. The third kappa shape index (κ3) is 4.76. The van der Waals surface area contributed by atoms with E-state index in [9.17, 15) is 14.4 Å². The molecule has 3 amide bonds. The molecule has 0 radical (unpaired) electrons. The van der Waals surface area contributed by atoms with Gasteiger partial charge < -0.3 is 20.6 Å². The number of nitrogens with zero attached hydrogens (tertiary/aromatic N) is 1. The number of hydrogen-bond donors (Lipinski definition) is 3. The van der Waals surface area contributed by atoms with Crippen molar-refractivity contribution in [2.75, 3.05) is 19.6 Å². The summed E-state index contributed by atoms with van der Waals surface area (Å²) in [5.74, 6) is -1.45. The van der Waals surface area contributed by atoms with Gasteiger partial charge in [-0.25, -0.2) is 9.59 Å². The van der Waals surface area contributed by atoms with Gasteiger partial charge in [-0.15, -0.1) is 0 Å². The van der Waals surface area contributed by atoms with Crippen molar-refractivity contribution in [1.29, 1.82) is 0 Å². The quantitative estimate of drug-likeness (QED) is 0.656. The number of rotatable bonds is 5. The SMILES string of the molecule is CC(C)C(NC(=O)NCC(=O)N1CCCC1)C(=O)O. The summed E-state index contributed by atoms with van der Waals surface area (Å²) < 4.78 is 0. The number of hydrogen-bond acceptors (Lipinski definition) is 3. The first-order valence-electron chi connectivity index (χ1n) is 6.46. The molecule has 1 aliphatic heterocycles. The summed E-state index contributed by atoms with van der Waals surface area (Å²) in [6.07, 6.45) is 1.98. The highest BCUT2D eigenvalue weighted by molar-refractivity contribution is 5.86. The van der Waals surface area contributed by atoms with E-state index in [4.69, 9.17) is 5.11 Å². The summed E-state index contributed by atoms with van der Waals surface area (Å²) in [4.78, 5) is 35.8. The van der Waals surface area contributed by atoms with E-state index < -0.39 is 18.0 Å². The van der Waals surface area contributed by atoms with Crippen LogP contribution in [0.15, 0.2) is 0 Å². The topological polar surface area (TPSA) is 98.7 Å². The molecular weight excluding hydrogens is 250 g/mol. The molecule has 1 atom stereocenters. The minimum absolute atomic E-state index is 0.101. The highest BCUT2D eigenvalue weighted by Crippen LogP contribution is 2.06. The van der Waals surface area contributed by atoms with Crippen LogP contribution in [0.5, 0.6) is 0 Å². The van der Waals surface area contributed by atoms with Crippen molar-refractivity contribution < 1.29 is 19.5 Å². The maximum atomic E-state index is 11.7. The molecule has 0 saturated carbocycles. The molecule has 7 nitrogen and oxygen atoms in total. The number of nitrogens with one attached hydrogen (secondary N) is 2. The predicted octanol–water partition coefficient (Wildman–Crippen LogP) is 0.0172. The van der Waals surface area contributed by atoms with Crippen LogP contribution >= 0.6 is 0 Å². The molecular formula is C12H21N3O4. The van der Waals surface area contributed by atoms with E-state index in [1.54, 1.807) is 18.7 Å². The highest BCUT2D eigenvalue weighted by atomic mass is 16.4. The summed E-state index contributed by atoms with van der Waals surface area (Å²) in [5.41, 5.74) is 0. The van der Waals surface area contributed by atoms with Gasteiger partial charge in [0.15, 0.2) is 0 Å². The van der Waals surface area contributed by atoms with Crippen LogP contribution < -0.4 is 10.6 Å². The minimum atomic E-state index is -1.09. The summed E-state index contributed by atoms with van der Waals surface area (Å²) in [6, 6.07) is -1.59. The number of carboxylic acids is 1. The summed E-state index contributed by atoms with van der Waals surface area (Å²) in [6.45, 7) is 4.76. The van der Waals surface area contributed by atoms with Crippen LogP contribution in [0.1, 0.15) is 26.7 Å². The first kappa shape index (κ1) is 15.3. The number of amides is 3. The van der Waals surface area contributed by atoms with Crippen molar-refractivity contribution in [3.63, 3.8) is 0 Å². The smallest absolute Gasteiger partial charge is 0.326 e. The van der Waals surface area contributed by atoms with Crippen LogP contribution in [0.4, 0.5) is 4.79 Å². The second-order valence-electron chi connectivity index (χ2n) is 4.97. The highest BCUT2D eigenvalue weighted by Gasteiger charge is 2.24. The van der Waals surface area contributed by atoms with Gasteiger partial charge in [-0.1, -0.05) is 13.8 Å². The lowest BCUT2D eigenvalue weighted by atomic mass is 10.1. The molecule has 3 N–H and O–H groups in total. The second-order valence-corrected chi connectivity index (χ2v) is 4.97. The number of aliphatic carboxylic acids is 1. The first-order valence-corrected chi connectivity index (χ1v) is 6.46. The lowest BCUT2D eigenvalue weighted by molar-refractivity contribution is -0.140. The van der Waals surface area contributed by atoms with Gasteiger partial charge in [0.05, 0.1) is 6.54 Å². The molecule has 1 aliphatic rings. The molecule has 1 unspecified atom stereocenters. The van der Waals surface area contributed by atoms with Gasteiger partial charge in [0.25, 0.3) is 0 Å². The second kappa shape index (κ2) is 6.96. The molecule has 108 valence electrons. The van der Waals surface area contributed by atoms with Gasteiger partial charge in [-0.2, -0.15) is 0 Å². The van der Waals surface area contributed by atoms with Crippen molar-refractivity contribution in [2.45, 2.75) is 32.7 Å². The van der Waals surface area contributed by atoms with Crippen LogP contribution in [0.25, 0.3) is 0 Å². The standard InChI is InChI=1S/C12H21N3O4/c1-8(2)10(11(17)18)14-12(19)13-7-9(16)15-5-3-4-6-15/h8,10H,3-7H2,1-2H3,(H,17,18)(H2,13,14,19). The Bertz CT molecular complexity index is 351. The van der Waals surface area contributed by atoms with E-state index in [-0.39, 0.29) is 18.4 Å². The average molecular weight is 271 g/mol. The van der Waals surface area contributed by atoms with E-state index in [0.717, 1.165) is 25.9 Å². The molecule has 1 rings (SSSR count). The molecule has 0 aliphatic carbocycles. The van der Waals surface area contributed by atoms with Crippen LogP contribution in [0.3, 0.4) is 0 Å². The molecule has 0 aromatic rings. The fourth-order valence-corrected chi connectivity index (χ4v) is 1.94. The lowest BCUT2D eigenvalue weighted by Gasteiger charge is -2.19. The van der Waals surface area contributed by atoms with Gasteiger partial charge in [-0.05, 0) is 18.8 Å². The van der Waals surface area contributed by atoms with Crippen LogP contribution in [-0.4, -0.2) is 53.6 Å². The van der Waals surface area contributed by atoms with E-state index >= 15 is 0 Å². The molecule has 19 heavy (non-hydrogen) atoms. The monoisotopic (exact) mass is 271 g/mol. The Morgan fingerprint density at radius 2 is 1.79 bits per heavy atom. The van der Waals surface area contributed by atoms with Gasteiger partial charge in [-0.3, -0.25) is 4.79 Å². The van der Waals surface area contributed by atoms with Gasteiger partial charge in [0.2, 0.25) is 5.91 Å². The van der Waals surface area contributed by atoms with E-state index in [1.807, 2.05) is 0 Å².